The zero-order valence-corrected chi connectivity index (χ0v) is 22.8. The average molecular weight is 519 g/mol. The van der Waals surface area contributed by atoms with Gasteiger partial charge in [0.2, 0.25) is 5.91 Å². The van der Waals surface area contributed by atoms with E-state index < -0.39 is 17.2 Å². The van der Waals surface area contributed by atoms with Crippen molar-refractivity contribution in [3.05, 3.63) is 64.7 Å². The second-order valence-electron chi connectivity index (χ2n) is 11.0. The fourth-order valence-corrected chi connectivity index (χ4v) is 6.35. The van der Waals surface area contributed by atoms with Gasteiger partial charge in [-0.1, -0.05) is 38.1 Å². The molecule has 202 valence electrons. The largest absolute Gasteiger partial charge is 0.482 e. The Morgan fingerprint density at radius 3 is 2.68 bits per heavy atom. The third-order valence-corrected chi connectivity index (χ3v) is 8.52. The average Bonchev–Trinajstić information content (AvgIpc) is 3.19. The third-order valence-electron chi connectivity index (χ3n) is 8.52. The number of aliphatic imine (C=N–C) groups is 1. The molecule has 0 radical (unpaired) electrons. The molecule has 5 rings (SSSR count). The lowest BCUT2D eigenvalue weighted by molar-refractivity contribution is -0.135. The van der Waals surface area contributed by atoms with Crippen LogP contribution in [-0.4, -0.2) is 47.5 Å². The molecule has 0 saturated heterocycles. The third kappa shape index (κ3) is 4.45. The first kappa shape index (κ1) is 26.2. The summed E-state index contributed by atoms with van der Waals surface area (Å²) in [5.74, 6) is 0.537. The molecule has 1 aliphatic carbocycles. The van der Waals surface area contributed by atoms with Crippen molar-refractivity contribution >= 4 is 17.8 Å². The van der Waals surface area contributed by atoms with Crippen LogP contribution >= 0.6 is 0 Å². The van der Waals surface area contributed by atoms with Crippen molar-refractivity contribution < 1.29 is 19.1 Å². The van der Waals surface area contributed by atoms with E-state index >= 15 is 0 Å². The molecular formula is C30H38N4O4. The molecule has 2 aromatic carbocycles. The summed E-state index contributed by atoms with van der Waals surface area (Å²) >= 11 is 0. The number of methoxy groups -OCH3 is 1. The first-order valence-corrected chi connectivity index (χ1v) is 13.6. The summed E-state index contributed by atoms with van der Waals surface area (Å²) in [6.07, 6.45) is 4.69. The van der Waals surface area contributed by atoms with E-state index in [0.717, 1.165) is 37.7 Å². The minimum atomic E-state index is -0.900. The van der Waals surface area contributed by atoms with Crippen LogP contribution in [0.1, 0.15) is 92.0 Å². The van der Waals surface area contributed by atoms with Gasteiger partial charge in [-0.15, -0.1) is 0 Å². The van der Waals surface area contributed by atoms with Crippen LogP contribution < -0.4 is 15.8 Å². The SMILES string of the molecule is CCC1(CC)CC(=O)N([C@H]2c3cc(C(=O)N[C@H]4CCCc5ccccc54)ccc3O[C@@]2(C)COC)C(N)=N1. The van der Waals surface area contributed by atoms with Crippen molar-refractivity contribution in [1.82, 2.24) is 10.2 Å². The lowest BCUT2D eigenvalue weighted by Crippen LogP contribution is -2.58. The first-order valence-electron chi connectivity index (χ1n) is 13.6. The molecule has 0 fully saturated rings. The quantitative estimate of drug-likeness (QED) is 0.564. The normalized spacial score (nSPS) is 25.7. The van der Waals surface area contributed by atoms with Gasteiger partial charge in [0.15, 0.2) is 11.6 Å². The minimum absolute atomic E-state index is 0.0332. The predicted molar refractivity (Wildman–Crippen MR) is 146 cm³/mol. The monoisotopic (exact) mass is 518 g/mol. The lowest BCUT2D eigenvalue weighted by atomic mass is 9.85. The van der Waals surface area contributed by atoms with E-state index in [1.807, 2.05) is 39.0 Å². The standard InChI is InChI=1S/C30H38N4O4/c1-5-30(6-2)17-25(35)34(28(31)33-30)26-22-16-20(14-15-24(22)38-29(26,3)18-37-4)27(36)32-23-13-9-11-19-10-7-8-12-21(19)23/h7-8,10,12,14-16,23,26H,5-6,9,11,13,17-18H2,1-4H3,(H2,31,33)(H,32,36)/t23-,26-,29-/m0/s1. The van der Waals surface area contributed by atoms with Crippen molar-refractivity contribution in [3.8, 4) is 5.75 Å². The Morgan fingerprint density at radius 2 is 1.97 bits per heavy atom. The van der Waals surface area contributed by atoms with Crippen molar-refractivity contribution in [2.24, 2.45) is 10.7 Å². The molecular weight excluding hydrogens is 480 g/mol. The summed E-state index contributed by atoms with van der Waals surface area (Å²) in [6.45, 7) is 6.20. The Labute approximate surface area is 224 Å². The molecule has 2 amide bonds. The zero-order valence-electron chi connectivity index (χ0n) is 22.8. The number of guanidine groups is 1. The van der Waals surface area contributed by atoms with Crippen LogP contribution in [0.15, 0.2) is 47.5 Å². The van der Waals surface area contributed by atoms with Crippen LogP contribution in [0.4, 0.5) is 0 Å². The van der Waals surface area contributed by atoms with Gasteiger partial charge < -0.3 is 20.5 Å². The Morgan fingerprint density at radius 1 is 1.21 bits per heavy atom. The summed E-state index contributed by atoms with van der Waals surface area (Å²) in [4.78, 5) is 33.4. The Hall–Kier alpha value is -3.39. The van der Waals surface area contributed by atoms with E-state index in [-0.39, 0.29) is 36.8 Å². The maximum absolute atomic E-state index is 13.6. The van der Waals surface area contributed by atoms with Crippen LogP contribution in [0, 0.1) is 0 Å². The van der Waals surface area contributed by atoms with Crippen molar-refractivity contribution in [3.63, 3.8) is 0 Å². The van der Waals surface area contributed by atoms with Crippen LogP contribution in [0.2, 0.25) is 0 Å². The summed E-state index contributed by atoms with van der Waals surface area (Å²) in [6, 6.07) is 13.1. The molecule has 0 unspecified atom stereocenters. The van der Waals surface area contributed by atoms with E-state index in [1.165, 1.54) is 11.1 Å². The smallest absolute Gasteiger partial charge is 0.251 e. The van der Waals surface area contributed by atoms with Gasteiger partial charge in [-0.2, -0.15) is 0 Å². The van der Waals surface area contributed by atoms with Gasteiger partial charge in [-0.3, -0.25) is 14.5 Å². The van der Waals surface area contributed by atoms with Crippen LogP contribution in [0.25, 0.3) is 0 Å². The fraction of sp³-hybridized carbons (Fsp3) is 0.500. The molecule has 3 aliphatic rings. The molecule has 38 heavy (non-hydrogen) atoms. The number of rotatable bonds is 7. The van der Waals surface area contributed by atoms with Crippen LogP contribution in [0.5, 0.6) is 5.75 Å². The number of nitrogens with zero attached hydrogens (tertiary/aromatic N) is 2. The number of carbonyl (C=O) groups is 2. The topological polar surface area (TPSA) is 106 Å². The second-order valence-corrected chi connectivity index (χ2v) is 11.0. The number of aryl methyl sites for hydroxylation is 1. The van der Waals surface area contributed by atoms with Gasteiger partial charge in [0, 0.05) is 18.2 Å². The van der Waals surface area contributed by atoms with Crippen molar-refractivity contribution in [1.29, 1.82) is 0 Å². The Bertz CT molecular complexity index is 1270. The molecule has 8 heteroatoms. The molecule has 2 aliphatic heterocycles. The molecule has 8 nitrogen and oxygen atoms in total. The van der Waals surface area contributed by atoms with E-state index in [9.17, 15) is 9.59 Å². The van der Waals surface area contributed by atoms with Gasteiger partial charge in [0.25, 0.3) is 5.91 Å². The number of nitrogens with one attached hydrogen (secondary N) is 1. The number of fused-ring (bicyclic) bond motifs is 2. The number of hydrogen-bond acceptors (Lipinski definition) is 6. The maximum atomic E-state index is 13.6. The van der Waals surface area contributed by atoms with E-state index in [0.29, 0.717) is 11.3 Å². The molecule has 0 aromatic heterocycles. The summed E-state index contributed by atoms with van der Waals surface area (Å²) in [5, 5.41) is 3.23. The molecule has 3 N–H and O–H groups in total. The van der Waals surface area contributed by atoms with Gasteiger partial charge in [0.05, 0.1) is 24.6 Å². The predicted octanol–water partition coefficient (Wildman–Crippen LogP) is 4.44. The Balaban J connectivity index is 1.49. The highest BCUT2D eigenvalue weighted by atomic mass is 16.5. The molecule has 0 saturated carbocycles. The number of amides is 2. The number of ether oxygens (including phenoxy) is 2. The minimum Gasteiger partial charge on any atom is -0.482 e. The van der Waals surface area contributed by atoms with Gasteiger partial charge in [-0.25, -0.2) is 4.99 Å². The second kappa shape index (κ2) is 10.1. The summed E-state index contributed by atoms with van der Waals surface area (Å²) in [5.41, 5.74) is 8.82. The summed E-state index contributed by atoms with van der Waals surface area (Å²) in [7, 11) is 1.60. The van der Waals surface area contributed by atoms with E-state index in [1.54, 1.807) is 24.1 Å². The van der Waals surface area contributed by atoms with Crippen LogP contribution in [0.3, 0.4) is 0 Å². The lowest BCUT2D eigenvalue weighted by Gasteiger charge is -2.42. The van der Waals surface area contributed by atoms with Crippen LogP contribution in [-0.2, 0) is 16.0 Å². The first-order chi connectivity index (χ1) is 18.2. The highest BCUT2D eigenvalue weighted by molar-refractivity contribution is 6.00. The molecule has 3 atom stereocenters. The molecule has 2 heterocycles. The van der Waals surface area contributed by atoms with E-state index in [4.69, 9.17) is 20.2 Å². The highest BCUT2D eigenvalue weighted by Crippen LogP contribution is 2.48. The number of benzene rings is 2. The Kier molecular flexibility index (Phi) is 6.94. The number of hydrogen-bond donors (Lipinski definition) is 2. The zero-order chi connectivity index (χ0) is 27.1. The maximum Gasteiger partial charge on any atom is 0.251 e. The number of nitrogens with two attached hydrogens (primary N) is 1. The number of carbonyl (C=O) groups excluding carboxylic acids is 2. The van der Waals surface area contributed by atoms with E-state index in [2.05, 4.69) is 17.4 Å². The van der Waals surface area contributed by atoms with Gasteiger partial charge in [-0.05, 0) is 68.4 Å². The molecule has 0 bridgehead atoms. The highest BCUT2D eigenvalue weighted by Gasteiger charge is 2.53. The van der Waals surface area contributed by atoms with Gasteiger partial charge >= 0.3 is 0 Å². The molecule has 0 spiro atoms. The van der Waals surface area contributed by atoms with Crippen molar-refractivity contribution in [2.75, 3.05) is 13.7 Å². The van der Waals surface area contributed by atoms with Gasteiger partial charge in [0.1, 0.15) is 11.8 Å². The fourth-order valence-electron chi connectivity index (χ4n) is 6.35. The molecule has 2 aromatic rings. The summed E-state index contributed by atoms with van der Waals surface area (Å²) < 4.78 is 11.9. The van der Waals surface area contributed by atoms with Crippen molar-refractivity contribution in [2.45, 2.75) is 82.5 Å².